The lowest BCUT2D eigenvalue weighted by Crippen LogP contribution is -2.46. The molecule has 34 heavy (non-hydrogen) atoms. The number of aryl methyl sites for hydroxylation is 1. The highest BCUT2D eigenvalue weighted by atomic mass is 19.1. The van der Waals surface area contributed by atoms with Gasteiger partial charge in [0.2, 0.25) is 0 Å². The van der Waals surface area contributed by atoms with E-state index >= 15 is 0 Å². The van der Waals surface area contributed by atoms with E-state index in [1.165, 1.54) is 23.1 Å². The van der Waals surface area contributed by atoms with Gasteiger partial charge in [0, 0.05) is 37.1 Å². The van der Waals surface area contributed by atoms with E-state index in [1.807, 2.05) is 19.9 Å². The summed E-state index contributed by atoms with van der Waals surface area (Å²) in [5.74, 6) is -0.594. The van der Waals surface area contributed by atoms with E-state index in [-0.39, 0.29) is 24.3 Å². The van der Waals surface area contributed by atoms with E-state index in [0.29, 0.717) is 28.9 Å². The number of nitrogens with zero attached hydrogens (tertiary/aromatic N) is 4. The Hall–Kier alpha value is -3.85. The normalized spacial score (nSPS) is 13.3. The Kier molecular flexibility index (Phi) is 8.26. The van der Waals surface area contributed by atoms with Crippen molar-refractivity contribution in [1.29, 1.82) is 5.41 Å². The van der Waals surface area contributed by atoms with Crippen molar-refractivity contribution < 1.29 is 14.3 Å². The van der Waals surface area contributed by atoms with Gasteiger partial charge in [-0.25, -0.2) is 4.39 Å². The third kappa shape index (κ3) is 6.14. The number of halogens is 1. The molecule has 1 unspecified atom stereocenters. The molecule has 8 nitrogen and oxygen atoms in total. The number of aliphatic hydroxyl groups is 1. The first-order valence-corrected chi connectivity index (χ1v) is 11.0. The van der Waals surface area contributed by atoms with Crippen LogP contribution in [0.15, 0.2) is 61.1 Å². The fourth-order valence-electron chi connectivity index (χ4n) is 3.54. The van der Waals surface area contributed by atoms with Crippen molar-refractivity contribution in [3.05, 3.63) is 83.6 Å². The van der Waals surface area contributed by atoms with Gasteiger partial charge in [0.05, 0.1) is 29.7 Å². The molecule has 1 amide bonds. The molecule has 0 saturated carbocycles. The first kappa shape index (κ1) is 24.8. The zero-order valence-electron chi connectivity index (χ0n) is 19.4. The highest BCUT2D eigenvalue weighted by Crippen LogP contribution is 2.19. The summed E-state index contributed by atoms with van der Waals surface area (Å²) in [5.41, 5.74) is 3.18. The minimum atomic E-state index is -0.727. The lowest BCUT2D eigenvalue weighted by Gasteiger charge is -2.31. The van der Waals surface area contributed by atoms with Gasteiger partial charge >= 0.3 is 0 Å². The van der Waals surface area contributed by atoms with Crippen LogP contribution in [0, 0.1) is 18.2 Å². The van der Waals surface area contributed by atoms with Crippen molar-refractivity contribution in [2.24, 2.45) is 0 Å². The molecular weight excluding hydrogens is 435 g/mol. The Labute approximate surface area is 198 Å². The van der Waals surface area contributed by atoms with Crippen molar-refractivity contribution in [2.75, 3.05) is 13.1 Å². The predicted octanol–water partition coefficient (Wildman–Crippen LogP) is 3.21. The van der Waals surface area contributed by atoms with Crippen LogP contribution in [0.1, 0.15) is 35.3 Å². The van der Waals surface area contributed by atoms with Crippen LogP contribution in [-0.4, -0.2) is 62.4 Å². The number of hydrogen-bond donors (Lipinski definition) is 3. The molecular formula is C25H29FN6O2. The van der Waals surface area contributed by atoms with Crippen LogP contribution in [0.4, 0.5) is 4.39 Å². The maximum Gasteiger partial charge on any atom is 0.256 e. The largest absolute Gasteiger partial charge is 0.392 e. The quantitative estimate of drug-likeness (QED) is 0.400. The molecule has 178 valence electrons. The average molecular weight is 465 g/mol. The van der Waals surface area contributed by atoms with Gasteiger partial charge in [0.15, 0.2) is 0 Å². The highest BCUT2D eigenvalue weighted by Gasteiger charge is 2.26. The van der Waals surface area contributed by atoms with Gasteiger partial charge in [-0.05, 0) is 50.6 Å². The first-order chi connectivity index (χ1) is 16.3. The molecule has 0 aliphatic heterocycles. The number of allylic oxidation sites excluding steroid dienone is 1. The number of aliphatic hydroxyl groups excluding tert-OH is 1. The Morgan fingerprint density at radius 2 is 1.88 bits per heavy atom. The van der Waals surface area contributed by atoms with Crippen LogP contribution in [-0.2, 0) is 0 Å². The topological polar surface area (TPSA) is 107 Å². The number of carbonyl (C=O) groups is 1. The summed E-state index contributed by atoms with van der Waals surface area (Å²) in [4.78, 5) is 16.6. The van der Waals surface area contributed by atoms with Gasteiger partial charge in [0.1, 0.15) is 5.82 Å². The van der Waals surface area contributed by atoms with E-state index in [4.69, 9.17) is 5.41 Å². The molecule has 0 aliphatic carbocycles. The third-order valence-electron chi connectivity index (χ3n) is 5.27. The van der Waals surface area contributed by atoms with Crippen molar-refractivity contribution in [2.45, 2.75) is 32.9 Å². The zero-order chi connectivity index (χ0) is 24.7. The first-order valence-electron chi connectivity index (χ1n) is 11.0. The van der Waals surface area contributed by atoms with E-state index in [2.05, 4.69) is 15.5 Å². The molecule has 0 radical (unpaired) electrons. The SMILES string of the molecule is Cc1ccc(-n2nccn2)c(C(=O)N(CC(C)O)[C@@H](C)CN/C=C(\C=N)c2ccc(F)cc2)c1. The van der Waals surface area contributed by atoms with Crippen LogP contribution in [0.2, 0.25) is 0 Å². The summed E-state index contributed by atoms with van der Waals surface area (Å²) in [6.07, 6.45) is 5.20. The van der Waals surface area contributed by atoms with Crippen molar-refractivity contribution in [3.63, 3.8) is 0 Å². The molecule has 0 fully saturated rings. The number of hydrogen-bond acceptors (Lipinski definition) is 6. The summed E-state index contributed by atoms with van der Waals surface area (Å²) in [6.45, 7) is 5.93. The van der Waals surface area contributed by atoms with Gasteiger partial charge in [-0.2, -0.15) is 15.0 Å². The van der Waals surface area contributed by atoms with Crippen LogP contribution < -0.4 is 5.32 Å². The molecule has 3 N–H and O–H groups in total. The van der Waals surface area contributed by atoms with Gasteiger partial charge in [-0.3, -0.25) is 4.79 Å². The summed E-state index contributed by atoms with van der Waals surface area (Å²) >= 11 is 0. The summed E-state index contributed by atoms with van der Waals surface area (Å²) in [7, 11) is 0. The summed E-state index contributed by atoms with van der Waals surface area (Å²) in [6, 6.07) is 11.1. The van der Waals surface area contributed by atoms with E-state index in [9.17, 15) is 14.3 Å². The molecule has 0 saturated heterocycles. The van der Waals surface area contributed by atoms with Gasteiger partial charge in [-0.15, -0.1) is 0 Å². The Bertz CT molecular complexity index is 1140. The van der Waals surface area contributed by atoms with E-state index in [1.54, 1.807) is 54.7 Å². The number of amides is 1. The second-order valence-electron chi connectivity index (χ2n) is 8.15. The molecule has 0 aliphatic rings. The number of aromatic nitrogens is 3. The third-order valence-corrected chi connectivity index (χ3v) is 5.27. The lowest BCUT2D eigenvalue weighted by atomic mass is 10.1. The van der Waals surface area contributed by atoms with Crippen LogP contribution >= 0.6 is 0 Å². The molecule has 3 aromatic rings. The number of rotatable bonds is 10. The smallest absolute Gasteiger partial charge is 0.256 e. The maximum absolute atomic E-state index is 13.6. The molecule has 0 bridgehead atoms. The van der Waals surface area contributed by atoms with E-state index in [0.717, 1.165) is 5.56 Å². The molecule has 1 aromatic heterocycles. The number of nitrogens with one attached hydrogen (secondary N) is 2. The molecule has 0 spiro atoms. The maximum atomic E-state index is 13.6. The second-order valence-corrected chi connectivity index (χ2v) is 8.15. The monoisotopic (exact) mass is 464 g/mol. The summed E-state index contributed by atoms with van der Waals surface area (Å²) in [5, 5.41) is 29.2. The molecule has 2 aromatic carbocycles. The Balaban J connectivity index is 1.82. The summed E-state index contributed by atoms with van der Waals surface area (Å²) < 4.78 is 13.2. The van der Waals surface area contributed by atoms with Gasteiger partial charge in [0.25, 0.3) is 5.91 Å². The standard InChI is InChI=1S/C25H29FN6O2/c1-17-4-9-24(32-29-10-11-30-32)23(12-17)25(34)31(16-19(3)33)18(2)14-28-15-21(13-27)20-5-7-22(26)8-6-20/h4-13,15,18-19,27-28,33H,14,16H2,1-3H3/b21-15+,27-13?/t18-,19?/m0/s1. The number of carbonyl (C=O) groups excluding carboxylic acids is 1. The zero-order valence-corrected chi connectivity index (χ0v) is 19.4. The van der Waals surface area contributed by atoms with Crippen LogP contribution in [0.25, 0.3) is 11.3 Å². The molecule has 3 rings (SSSR count). The van der Waals surface area contributed by atoms with E-state index < -0.39 is 6.10 Å². The Morgan fingerprint density at radius 1 is 1.21 bits per heavy atom. The molecule has 2 atom stereocenters. The lowest BCUT2D eigenvalue weighted by molar-refractivity contribution is 0.0562. The minimum absolute atomic E-state index is 0.140. The number of benzene rings is 2. The van der Waals surface area contributed by atoms with Crippen molar-refractivity contribution in [1.82, 2.24) is 25.2 Å². The molecule has 9 heteroatoms. The average Bonchev–Trinajstić information content (AvgIpc) is 3.35. The van der Waals surface area contributed by atoms with Crippen LogP contribution in [0.5, 0.6) is 0 Å². The van der Waals surface area contributed by atoms with Crippen molar-refractivity contribution in [3.8, 4) is 5.69 Å². The van der Waals surface area contributed by atoms with Gasteiger partial charge in [-0.1, -0.05) is 23.8 Å². The minimum Gasteiger partial charge on any atom is -0.392 e. The van der Waals surface area contributed by atoms with Crippen molar-refractivity contribution >= 4 is 17.7 Å². The molecule has 1 heterocycles. The fraction of sp³-hybridized carbons (Fsp3) is 0.280. The van der Waals surface area contributed by atoms with Gasteiger partial charge < -0.3 is 20.7 Å². The fourth-order valence-corrected chi connectivity index (χ4v) is 3.54. The van der Waals surface area contributed by atoms with Crippen LogP contribution in [0.3, 0.4) is 0 Å². The second kappa shape index (κ2) is 11.3. The Morgan fingerprint density at radius 3 is 2.50 bits per heavy atom. The highest BCUT2D eigenvalue weighted by molar-refractivity contribution is 6.08. The predicted molar refractivity (Wildman–Crippen MR) is 129 cm³/mol.